The Morgan fingerprint density at radius 3 is 2.92 bits per heavy atom. The lowest BCUT2D eigenvalue weighted by Crippen LogP contribution is -2.31. The summed E-state index contributed by atoms with van der Waals surface area (Å²) in [5, 5.41) is 3.17. The molecule has 1 saturated carbocycles. The molecule has 0 bridgehead atoms. The molecule has 1 aliphatic heterocycles. The highest BCUT2D eigenvalue weighted by atomic mass is 16.5. The van der Waals surface area contributed by atoms with E-state index < -0.39 is 0 Å². The molecular weight excluding hydrogens is 460 g/mol. The minimum absolute atomic E-state index is 0.254. The average molecular weight is 499 g/mol. The molecule has 0 saturated heterocycles. The van der Waals surface area contributed by atoms with E-state index in [1.54, 1.807) is 0 Å². The number of likely N-dealkylation sites (N-methyl/N-ethyl adjacent to an activating group) is 1. The van der Waals surface area contributed by atoms with E-state index in [9.17, 15) is 0 Å². The Labute approximate surface area is 219 Å². The number of nitrogens with zero attached hydrogens (tertiary/aromatic N) is 4. The molecule has 1 aliphatic carbocycles. The number of hydrogen-bond acceptors (Lipinski definition) is 6. The first-order valence-electron chi connectivity index (χ1n) is 13.2. The van der Waals surface area contributed by atoms with Gasteiger partial charge in [-0.1, -0.05) is 26.5 Å². The molecule has 37 heavy (non-hydrogen) atoms. The topological polar surface area (TPSA) is 78.4 Å². The minimum atomic E-state index is 0.254. The number of allylic oxidation sites excluding steroid dienone is 2. The van der Waals surface area contributed by atoms with Gasteiger partial charge in [-0.25, -0.2) is 9.97 Å². The number of aromatic amines is 1. The molecule has 7 nitrogen and oxygen atoms in total. The van der Waals surface area contributed by atoms with Crippen LogP contribution < -0.4 is 10.1 Å². The van der Waals surface area contributed by atoms with Crippen molar-refractivity contribution >= 4 is 16.9 Å². The van der Waals surface area contributed by atoms with E-state index in [1.807, 2.05) is 20.2 Å². The average Bonchev–Trinajstić information content (AvgIpc) is 3.10. The molecule has 7 heteroatoms. The summed E-state index contributed by atoms with van der Waals surface area (Å²) in [6.07, 6.45) is 5.04. The molecular formula is C30H38N6O. The van der Waals surface area contributed by atoms with Crippen LogP contribution in [0.15, 0.2) is 59.0 Å². The smallest absolute Gasteiger partial charge is 0.177 e. The van der Waals surface area contributed by atoms with Crippen molar-refractivity contribution in [2.24, 2.45) is 10.4 Å². The second-order valence-electron chi connectivity index (χ2n) is 11.1. The summed E-state index contributed by atoms with van der Waals surface area (Å²) in [6.45, 7) is 16.1. The van der Waals surface area contributed by atoms with Gasteiger partial charge < -0.3 is 19.9 Å². The Morgan fingerprint density at radius 1 is 1.27 bits per heavy atom. The Balaban J connectivity index is 1.48. The van der Waals surface area contributed by atoms with Crippen LogP contribution in [0.2, 0.25) is 0 Å². The monoisotopic (exact) mass is 498 g/mol. The number of hydrogen-bond donors (Lipinski definition) is 2. The molecule has 3 aromatic rings. The lowest BCUT2D eigenvalue weighted by Gasteiger charge is -2.36. The number of aromatic nitrogens is 3. The van der Waals surface area contributed by atoms with Gasteiger partial charge in [-0.3, -0.25) is 4.99 Å². The lowest BCUT2D eigenvalue weighted by atomic mass is 9.73. The molecule has 3 heterocycles. The number of aryl methyl sites for hydroxylation is 1. The number of ether oxygens (including phenoxy) is 1. The fraction of sp³-hybridized carbons (Fsp3) is 0.433. The van der Waals surface area contributed by atoms with Crippen LogP contribution in [0.5, 0.6) is 5.75 Å². The van der Waals surface area contributed by atoms with Gasteiger partial charge in [0.05, 0.1) is 12.1 Å². The minimum Gasteiger partial charge on any atom is -0.491 e. The van der Waals surface area contributed by atoms with Gasteiger partial charge >= 0.3 is 0 Å². The fourth-order valence-electron chi connectivity index (χ4n) is 5.40. The molecule has 5 rings (SSSR count). The number of H-pyrrole nitrogens is 1. The summed E-state index contributed by atoms with van der Waals surface area (Å²) in [7, 11) is 1.93. The van der Waals surface area contributed by atoms with Gasteiger partial charge in [0.25, 0.3) is 0 Å². The zero-order valence-electron chi connectivity index (χ0n) is 22.7. The number of benzene rings is 1. The molecule has 2 aliphatic rings. The molecule has 0 radical (unpaired) electrons. The Morgan fingerprint density at radius 2 is 2.11 bits per heavy atom. The van der Waals surface area contributed by atoms with Crippen molar-refractivity contribution in [3.05, 3.63) is 65.4 Å². The molecule has 0 unspecified atom stereocenters. The van der Waals surface area contributed by atoms with Crippen molar-refractivity contribution in [2.45, 2.75) is 53.5 Å². The van der Waals surface area contributed by atoms with Crippen molar-refractivity contribution in [1.82, 2.24) is 25.2 Å². The SMILES string of the molecule is C=C(CNC)N=C1CCC(C)(C)C/C1=C(/C)N1CCOc2ccc(-c3cnc4nc(C)[nH]c4c3)cc2C1. The fourth-order valence-corrected chi connectivity index (χ4v) is 5.40. The van der Waals surface area contributed by atoms with Crippen molar-refractivity contribution in [1.29, 1.82) is 0 Å². The predicted octanol–water partition coefficient (Wildman–Crippen LogP) is 5.79. The standard InChI is InChI=1S/C30H38N6O/c1-19(16-31-6)33-26-9-10-30(4,5)15-25(26)20(2)36-11-12-37-28-8-7-22(13-24(28)18-36)23-14-27-29(32-17-23)35-21(3)34-27/h7-8,13-14,17,31H,1,9-12,15-16,18H2,2-6H3,(H,32,34,35)/b25-20+,33-26?. The van der Waals surface area contributed by atoms with E-state index in [0.717, 1.165) is 71.9 Å². The summed E-state index contributed by atoms with van der Waals surface area (Å²) < 4.78 is 6.20. The van der Waals surface area contributed by atoms with Crippen LogP contribution in [-0.4, -0.2) is 52.3 Å². The molecule has 194 valence electrons. The highest BCUT2D eigenvalue weighted by Crippen LogP contribution is 2.40. The van der Waals surface area contributed by atoms with E-state index in [0.29, 0.717) is 13.2 Å². The number of rotatable bonds is 5. The van der Waals surface area contributed by atoms with E-state index >= 15 is 0 Å². The summed E-state index contributed by atoms with van der Waals surface area (Å²) in [6, 6.07) is 8.58. The third-order valence-electron chi connectivity index (χ3n) is 7.46. The number of aliphatic imine (C=N–C) groups is 1. The van der Waals surface area contributed by atoms with Crippen molar-refractivity contribution in [3.63, 3.8) is 0 Å². The van der Waals surface area contributed by atoms with Crippen molar-refractivity contribution < 1.29 is 4.74 Å². The molecule has 2 aromatic heterocycles. The third-order valence-corrected chi connectivity index (χ3v) is 7.46. The van der Waals surface area contributed by atoms with Gasteiger partial charge in [0.15, 0.2) is 5.65 Å². The summed E-state index contributed by atoms with van der Waals surface area (Å²) >= 11 is 0. The van der Waals surface area contributed by atoms with Crippen LogP contribution in [-0.2, 0) is 6.54 Å². The van der Waals surface area contributed by atoms with Crippen LogP contribution >= 0.6 is 0 Å². The Kier molecular flexibility index (Phi) is 6.90. The van der Waals surface area contributed by atoms with Gasteiger partial charge in [0.1, 0.15) is 18.2 Å². The van der Waals surface area contributed by atoms with Crippen molar-refractivity contribution in [3.8, 4) is 16.9 Å². The first-order chi connectivity index (χ1) is 17.7. The molecule has 1 aromatic carbocycles. The normalized spacial score (nSPS) is 19.9. The van der Waals surface area contributed by atoms with Crippen LogP contribution in [0.1, 0.15) is 51.4 Å². The number of nitrogens with one attached hydrogen (secondary N) is 2. The quantitative estimate of drug-likeness (QED) is 0.466. The largest absolute Gasteiger partial charge is 0.491 e. The Bertz CT molecular complexity index is 1400. The maximum atomic E-state index is 6.20. The maximum absolute atomic E-state index is 6.20. The summed E-state index contributed by atoms with van der Waals surface area (Å²) in [5.74, 6) is 1.83. The van der Waals surface area contributed by atoms with E-state index in [4.69, 9.17) is 9.73 Å². The maximum Gasteiger partial charge on any atom is 0.177 e. The first kappa shape index (κ1) is 25.2. The molecule has 0 amide bonds. The molecule has 0 atom stereocenters. The van der Waals surface area contributed by atoms with Gasteiger partial charge in [0, 0.05) is 47.5 Å². The predicted molar refractivity (Wildman–Crippen MR) is 151 cm³/mol. The number of fused-ring (bicyclic) bond motifs is 2. The van der Waals surface area contributed by atoms with Crippen LogP contribution in [0.4, 0.5) is 0 Å². The van der Waals surface area contributed by atoms with Crippen molar-refractivity contribution in [2.75, 3.05) is 26.7 Å². The van der Waals surface area contributed by atoms with Gasteiger partial charge in [0.2, 0.25) is 0 Å². The van der Waals surface area contributed by atoms with Gasteiger partial charge in [-0.2, -0.15) is 0 Å². The van der Waals surface area contributed by atoms with E-state index in [2.05, 4.69) is 76.8 Å². The van der Waals surface area contributed by atoms with E-state index in [-0.39, 0.29) is 5.41 Å². The zero-order valence-corrected chi connectivity index (χ0v) is 22.7. The van der Waals surface area contributed by atoms with Gasteiger partial charge in [-0.15, -0.1) is 0 Å². The molecule has 2 N–H and O–H groups in total. The highest BCUT2D eigenvalue weighted by molar-refractivity contribution is 6.02. The third kappa shape index (κ3) is 5.47. The first-order valence-corrected chi connectivity index (χ1v) is 13.2. The summed E-state index contributed by atoms with van der Waals surface area (Å²) in [5.41, 5.74) is 10.1. The van der Waals surface area contributed by atoms with E-state index in [1.165, 1.54) is 22.5 Å². The summed E-state index contributed by atoms with van der Waals surface area (Å²) in [4.78, 5) is 19.7. The molecule has 0 spiro atoms. The van der Waals surface area contributed by atoms with Crippen LogP contribution in [0.3, 0.4) is 0 Å². The van der Waals surface area contributed by atoms with Gasteiger partial charge in [-0.05, 0) is 74.9 Å². The number of imidazole rings is 1. The highest BCUT2D eigenvalue weighted by Gasteiger charge is 2.31. The van der Waals surface area contributed by atoms with Crippen LogP contribution in [0, 0.1) is 12.3 Å². The lowest BCUT2D eigenvalue weighted by molar-refractivity contribution is 0.259. The second kappa shape index (κ2) is 10.1. The zero-order chi connectivity index (χ0) is 26.2. The second-order valence-corrected chi connectivity index (χ2v) is 11.1. The Hall–Kier alpha value is -3.45. The molecule has 1 fully saturated rings. The van der Waals surface area contributed by atoms with Crippen LogP contribution in [0.25, 0.3) is 22.3 Å². The number of pyridine rings is 1.